The summed E-state index contributed by atoms with van der Waals surface area (Å²) in [6.07, 6.45) is 3.73. The minimum Gasteiger partial charge on any atom is -0.472 e. The summed E-state index contributed by atoms with van der Waals surface area (Å²) in [5, 5.41) is 4.50. The highest BCUT2D eigenvalue weighted by atomic mass is 16.5. The van der Waals surface area contributed by atoms with Crippen molar-refractivity contribution in [1.82, 2.24) is 19.3 Å². The average Bonchev–Trinajstić information content (AvgIpc) is 3.11. The number of hydrogen-bond donors (Lipinski definition) is 0. The van der Waals surface area contributed by atoms with Crippen LogP contribution in [0.4, 0.5) is 0 Å². The summed E-state index contributed by atoms with van der Waals surface area (Å²) in [5.74, 6) is 0.665. The number of aryl methyl sites for hydroxylation is 2. The second-order valence-electron chi connectivity index (χ2n) is 4.84. The number of nitrogens with zero attached hydrogens (tertiary/aromatic N) is 4. The van der Waals surface area contributed by atoms with Crippen LogP contribution in [0.5, 0.6) is 5.88 Å². The molecule has 0 saturated heterocycles. The molecule has 5 nitrogen and oxygen atoms in total. The minimum absolute atomic E-state index is 0.538. The monoisotopic (exact) mass is 266 g/mol. The Morgan fingerprint density at radius 1 is 1.10 bits per heavy atom. The van der Waals surface area contributed by atoms with E-state index in [2.05, 4.69) is 14.6 Å². The lowest BCUT2D eigenvalue weighted by molar-refractivity contribution is 0.288. The third kappa shape index (κ3) is 1.87. The summed E-state index contributed by atoms with van der Waals surface area (Å²) < 4.78 is 9.90. The molecule has 0 aliphatic carbocycles. The molecule has 3 aromatic rings. The summed E-state index contributed by atoms with van der Waals surface area (Å²) in [5.41, 5.74) is 3.30. The molecule has 0 fully saturated rings. The lowest BCUT2D eigenvalue weighted by Gasteiger charge is -2.15. The first-order valence-corrected chi connectivity index (χ1v) is 6.65. The highest BCUT2D eigenvalue weighted by Gasteiger charge is 2.18. The Balaban J connectivity index is 1.57. The fourth-order valence-corrected chi connectivity index (χ4v) is 2.49. The van der Waals surface area contributed by atoms with Crippen LogP contribution in [0.15, 0.2) is 48.9 Å². The van der Waals surface area contributed by atoms with Gasteiger partial charge in [-0.05, 0) is 5.56 Å². The minimum atomic E-state index is 0.538. The molecule has 4 rings (SSSR count). The van der Waals surface area contributed by atoms with Crippen LogP contribution in [-0.4, -0.2) is 19.3 Å². The number of fused-ring (bicyclic) bond motifs is 3. The van der Waals surface area contributed by atoms with Crippen LogP contribution in [0.25, 0.3) is 11.4 Å². The standard InChI is InChI=1S/C15H14N4O/c1-2-4-12(5-3-1)10-20-15-8-13-14-9-16-11-18(14)6-7-19(13)17-15/h1-5,8-9,11H,6-7,10H2. The Labute approximate surface area is 116 Å². The number of imidazole rings is 1. The maximum absolute atomic E-state index is 5.77. The molecule has 1 aliphatic rings. The molecule has 0 N–H and O–H groups in total. The molecule has 3 heterocycles. The van der Waals surface area contributed by atoms with Crippen molar-refractivity contribution >= 4 is 0 Å². The molecule has 0 radical (unpaired) electrons. The summed E-state index contributed by atoms with van der Waals surface area (Å²) in [7, 11) is 0. The zero-order valence-electron chi connectivity index (χ0n) is 10.9. The molecule has 1 aromatic carbocycles. The van der Waals surface area contributed by atoms with E-state index in [1.54, 1.807) is 0 Å². The van der Waals surface area contributed by atoms with Crippen LogP contribution in [0.2, 0.25) is 0 Å². The van der Waals surface area contributed by atoms with Gasteiger partial charge in [0.05, 0.1) is 30.5 Å². The second kappa shape index (κ2) is 4.52. The van der Waals surface area contributed by atoms with E-state index in [4.69, 9.17) is 4.74 Å². The summed E-state index contributed by atoms with van der Waals surface area (Å²) in [6.45, 7) is 2.30. The molecular weight excluding hydrogens is 252 g/mol. The molecule has 1 aliphatic heterocycles. The molecule has 2 aromatic heterocycles. The maximum Gasteiger partial charge on any atom is 0.233 e. The van der Waals surface area contributed by atoms with Crippen LogP contribution in [0.3, 0.4) is 0 Å². The van der Waals surface area contributed by atoms with Gasteiger partial charge in [0.15, 0.2) is 0 Å². The fraction of sp³-hybridized carbons (Fsp3) is 0.200. The summed E-state index contributed by atoms with van der Waals surface area (Å²) >= 11 is 0. The van der Waals surface area contributed by atoms with Gasteiger partial charge < -0.3 is 9.30 Å². The summed E-state index contributed by atoms with van der Waals surface area (Å²) in [4.78, 5) is 4.19. The van der Waals surface area contributed by atoms with E-state index in [1.165, 1.54) is 0 Å². The van der Waals surface area contributed by atoms with E-state index in [0.717, 1.165) is 30.0 Å². The summed E-state index contributed by atoms with van der Waals surface area (Å²) in [6, 6.07) is 12.1. The van der Waals surface area contributed by atoms with E-state index < -0.39 is 0 Å². The molecule has 0 bridgehead atoms. The van der Waals surface area contributed by atoms with Crippen molar-refractivity contribution in [1.29, 1.82) is 0 Å². The van der Waals surface area contributed by atoms with Crippen molar-refractivity contribution in [3.8, 4) is 17.3 Å². The molecule has 0 spiro atoms. The zero-order chi connectivity index (χ0) is 13.4. The first-order chi connectivity index (χ1) is 9.90. The first-order valence-electron chi connectivity index (χ1n) is 6.65. The smallest absolute Gasteiger partial charge is 0.233 e. The lowest BCUT2D eigenvalue weighted by Crippen LogP contribution is -2.16. The van der Waals surface area contributed by atoms with Gasteiger partial charge in [0, 0.05) is 12.6 Å². The van der Waals surface area contributed by atoms with Crippen LogP contribution in [0, 0.1) is 0 Å². The van der Waals surface area contributed by atoms with Gasteiger partial charge >= 0.3 is 0 Å². The van der Waals surface area contributed by atoms with Gasteiger partial charge in [-0.2, -0.15) is 0 Å². The van der Waals surface area contributed by atoms with Gasteiger partial charge in [-0.25, -0.2) is 4.98 Å². The molecule has 5 heteroatoms. The van der Waals surface area contributed by atoms with Crippen molar-refractivity contribution in [2.45, 2.75) is 19.7 Å². The maximum atomic E-state index is 5.77. The van der Waals surface area contributed by atoms with Gasteiger partial charge in [-0.15, -0.1) is 5.10 Å². The molecule has 100 valence electrons. The molecule has 0 saturated carbocycles. The highest BCUT2D eigenvalue weighted by Crippen LogP contribution is 2.27. The number of ether oxygens (including phenoxy) is 1. The first kappa shape index (κ1) is 11.3. The third-order valence-electron chi connectivity index (χ3n) is 3.51. The molecule has 0 unspecified atom stereocenters. The van der Waals surface area contributed by atoms with Crippen molar-refractivity contribution in [3.05, 3.63) is 54.5 Å². The SMILES string of the molecule is c1ccc(COc2cc3n(n2)CCn2cncc2-3)cc1. The van der Waals surface area contributed by atoms with Crippen molar-refractivity contribution in [2.24, 2.45) is 0 Å². The average molecular weight is 266 g/mol. The van der Waals surface area contributed by atoms with Gasteiger partial charge in [-0.3, -0.25) is 4.68 Å². The predicted molar refractivity (Wildman–Crippen MR) is 74.2 cm³/mol. The number of rotatable bonds is 3. The molecular formula is C15H14N4O. The van der Waals surface area contributed by atoms with E-state index in [9.17, 15) is 0 Å². The topological polar surface area (TPSA) is 44.9 Å². The predicted octanol–water partition coefficient (Wildman–Crippen LogP) is 2.34. The zero-order valence-corrected chi connectivity index (χ0v) is 10.9. The van der Waals surface area contributed by atoms with Gasteiger partial charge in [0.1, 0.15) is 6.61 Å². The molecule has 0 amide bonds. The number of hydrogen-bond acceptors (Lipinski definition) is 3. The van der Waals surface area contributed by atoms with Crippen LogP contribution in [0.1, 0.15) is 5.56 Å². The lowest BCUT2D eigenvalue weighted by atomic mass is 10.2. The van der Waals surface area contributed by atoms with Crippen LogP contribution >= 0.6 is 0 Å². The largest absolute Gasteiger partial charge is 0.472 e. The van der Waals surface area contributed by atoms with Crippen molar-refractivity contribution in [2.75, 3.05) is 0 Å². The van der Waals surface area contributed by atoms with Crippen LogP contribution in [-0.2, 0) is 19.7 Å². The van der Waals surface area contributed by atoms with E-state index in [1.807, 2.05) is 53.6 Å². The van der Waals surface area contributed by atoms with E-state index >= 15 is 0 Å². The fourth-order valence-electron chi connectivity index (χ4n) is 2.49. The van der Waals surface area contributed by atoms with E-state index in [-0.39, 0.29) is 0 Å². The third-order valence-corrected chi connectivity index (χ3v) is 3.51. The van der Waals surface area contributed by atoms with E-state index in [0.29, 0.717) is 12.5 Å². The molecule has 20 heavy (non-hydrogen) atoms. The number of benzene rings is 1. The number of aromatic nitrogens is 4. The second-order valence-corrected chi connectivity index (χ2v) is 4.84. The van der Waals surface area contributed by atoms with Crippen molar-refractivity contribution < 1.29 is 4.74 Å². The highest BCUT2D eigenvalue weighted by molar-refractivity contribution is 5.57. The van der Waals surface area contributed by atoms with Gasteiger partial charge in [0.25, 0.3) is 0 Å². The quantitative estimate of drug-likeness (QED) is 0.731. The van der Waals surface area contributed by atoms with Crippen molar-refractivity contribution in [3.63, 3.8) is 0 Å². The Bertz CT molecular complexity index is 729. The van der Waals surface area contributed by atoms with Crippen LogP contribution < -0.4 is 4.74 Å². The Morgan fingerprint density at radius 2 is 2.00 bits per heavy atom. The Morgan fingerprint density at radius 3 is 2.90 bits per heavy atom. The Hall–Kier alpha value is -2.56. The Kier molecular flexibility index (Phi) is 2.55. The van der Waals surface area contributed by atoms with Gasteiger partial charge in [0.2, 0.25) is 5.88 Å². The molecule has 0 atom stereocenters. The van der Waals surface area contributed by atoms with Gasteiger partial charge in [-0.1, -0.05) is 30.3 Å². The normalized spacial score (nSPS) is 12.8.